The van der Waals surface area contributed by atoms with Gasteiger partial charge in [0, 0.05) is 6.04 Å². The van der Waals surface area contributed by atoms with Gasteiger partial charge in [-0.2, -0.15) is 0 Å². The Bertz CT molecular complexity index is 488. The molecule has 0 radical (unpaired) electrons. The first-order valence-electron chi connectivity index (χ1n) is 6.46. The van der Waals surface area contributed by atoms with Crippen LogP contribution in [0, 0.1) is 15.5 Å². The maximum absolute atomic E-state index is 11.2. The van der Waals surface area contributed by atoms with Crippen LogP contribution >= 0.6 is 0 Å². The highest BCUT2D eigenvalue weighted by Crippen LogP contribution is 2.41. The summed E-state index contributed by atoms with van der Waals surface area (Å²) < 4.78 is 0. The monoisotopic (exact) mass is 264 g/mol. The lowest BCUT2D eigenvalue weighted by Gasteiger charge is -2.28. The van der Waals surface area contributed by atoms with Gasteiger partial charge in [0.1, 0.15) is 11.4 Å². The molecule has 6 nitrogen and oxygen atoms in total. The highest BCUT2D eigenvalue weighted by Gasteiger charge is 2.35. The second-order valence-electron chi connectivity index (χ2n) is 5.68. The number of hydrazine groups is 1. The Kier molecular flexibility index (Phi) is 3.61. The first-order valence-corrected chi connectivity index (χ1v) is 6.46. The van der Waals surface area contributed by atoms with E-state index in [1.54, 1.807) is 18.2 Å². The van der Waals surface area contributed by atoms with E-state index >= 15 is 0 Å². The highest BCUT2D eigenvalue weighted by molar-refractivity contribution is 5.76. The summed E-state index contributed by atoms with van der Waals surface area (Å²) in [5.74, 6) is 5.34. The van der Waals surface area contributed by atoms with Crippen molar-refractivity contribution in [3.8, 4) is 0 Å². The van der Waals surface area contributed by atoms with Crippen LogP contribution in [-0.2, 0) is 0 Å². The predicted molar refractivity (Wildman–Crippen MR) is 75.9 cm³/mol. The lowest BCUT2D eigenvalue weighted by atomic mass is 9.87. The molecule has 1 aromatic carbocycles. The van der Waals surface area contributed by atoms with Gasteiger partial charge in [-0.3, -0.25) is 16.0 Å². The first kappa shape index (κ1) is 13.6. The van der Waals surface area contributed by atoms with Crippen LogP contribution in [0.5, 0.6) is 0 Å². The van der Waals surface area contributed by atoms with Gasteiger partial charge in [0.15, 0.2) is 0 Å². The van der Waals surface area contributed by atoms with Crippen molar-refractivity contribution in [3.05, 3.63) is 28.3 Å². The number of hydrogen-bond acceptors (Lipinski definition) is 5. The Hall–Kier alpha value is -1.82. The summed E-state index contributed by atoms with van der Waals surface area (Å²) in [5.41, 5.74) is 3.39. The van der Waals surface area contributed by atoms with Crippen LogP contribution in [0.1, 0.15) is 33.1 Å². The molecule has 1 fully saturated rings. The van der Waals surface area contributed by atoms with E-state index in [0.29, 0.717) is 11.4 Å². The zero-order valence-electron chi connectivity index (χ0n) is 11.3. The third kappa shape index (κ3) is 2.63. The Labute approximate surface area is 112 Å². The van der Waals surface area contributed by atoms with Crippen LogP contribution in [0.2, 0.25) is 0 Å². The van der Waals surface area contributed by atoms with Crippen molar-refractivity contribution in [2.24, 2.45) is 11.3 Å². The SMILES string of the molecule is CC1(C)CCCC1Nc1cccc(NN)c1[N+](=O)[O-]. The fourth-order valence-corrected chi connectivity index (χ4v) is 2.76. The van der Waals surface area contributed by atoms with Gasteiger partial charge in [0.25, 0.3) is 0 Å². The van der Waals surface area contributed by atoms with E-state index in [-0.39, 0.29) is 17.1 Å². The van der Waals surface area contributed by atoms with E-state index < -0.39 is 4.92 Å². The number of benzene rings is 1. The molecule has 1 unspecified atom stereocenters. The average Bonchev–Trinajstić information content (AvgIpc) is 2.68. The second kappa shape index (κ2) is 5.05. The van der Waals surface area contributed by atoms with Crippen LogP contribution in [0.25, 0.3) is 0 Å². The molecule has 0 aromatic heterocycles. The number of nitrogens with one attached hydrogen (secondary N) is 2. The maximum Gasteiger partial charge on any atom is 0.316 e. The van der Waals surface area contributed by atoms with Crippen LogP contribution in [-0.4, -0.2) is 11.0 Å². The van der Waals surface area contributed by atoms with Crippen molar-refractivity contribution in [2.45, 2.75) is 39.2 Å². The van der Waals surface area contributed by atoms with Crippen molar-refractivity contribution in [1.29, 1.82) is 0 Å². The number of nitrogens with zero attached hydrogens (tertiary/aromatic N) is 1. The van der Waals surface area contributed by atoms with Gasteiger partial charge < -0.3 is 10.7 Å². The van der Waals surface area contributed by atoms with E-state index in [1.165, 1.54) is 0 Å². The van der Waals surface area contributed by atoms with Gasteiger partial charge in [0.05, 0.1) is 4.92 Å². The van der Waals surface area contributed by atoms with Gasteiger partial charge in [-0.1, -0.05) is 26.3 Å². The Morgan fingerprint density at radius 1 is 1.42 bits per heavy atom. The van der Waals surface area contributed by atoms with E-state index in [2.05, 4.69) is 24.6 Å². The van der Waals surface area contributed by atoms with Crippen molar-refractivity contribution in [1.82, 2.24) is 0 Å². The Balaban J connectivity index is 2.32. The van der Waals surface area contributed by atoms with Crippen molar-refractivity contribution in [2.75, 3.05) is 10.7 Å². The Morgan fingerprint density at radius 3 is 2.63 bits per heavy atom. The van der Waals surface area contributed by atoms with Gasteiger partial charge in [0.2, 0.25) is 0 Å². The minimum Gasteiger partial charge on any atom is -0.376 e. The zero-order valence-corrected chi connectivity index (χ0v) is 11.3. The zero-order chi connectivity index (χ0) is 14.0. The first-order chi connectivity index (χ1) is 8.95. The topological polar surface area (TPSA) is 93.2 Å². The molecule has 19 heavy (non-hydrogen) atoms. The summed E-state index contributed by atoms with van der Waals surface area (Å²) in [6.45, 7) is 4.38. The van der Waals surface area contributed by atoms with Gasteiger partial charge in [-0.25, -0.2) is 0 Å². The molecule has 1 aromatic rings. The minimum atomic E-state index is -0.403. The molecule has 0 bridgehead atoms. The normalized spacial score (nSPS) is 21.1. The molecule has 0 aliphatic heterocycles. The number of hydrogen-bond donors (Lipinski definition) is 3. The van der Waals surface area contributed by atoms with Crippen molar-refractivity contribution < 1.29 is 4.92 Å². The Morgan fingerprint density at radius 2 is 2.11 bits per heavy atom. The molecule has 2 rings (SSSR count). The summed E-state index contributed by atoms with van der Waals surface area (Å²) in [6.07, 6.45) is 3.31. The van der Waals surface area contributed by atoms with Crippen LogP contribution in [0.4, 0.5) is 17.1 Å². The molecule has 1 aliphatic rings. The highest BCUT2D eigenvalue weighted by atomic mass is 16.6. The summed E-state index contributed by atoms with van der Waals surface area (Å²) in [7, 11) is 0. The number of nitrogens with two attached hydrogens (primary N) is 1. The van der Waals surface area contributed by atoms with Crippen LogP contribution in [0.3, 0.4) is 0 Å². The smallest absolute Gasteiger partial charge is 0.316 e. The number of para-hydroxylation sites is 1. The number of nitrogen functional groups attached to an aromatic ring is 1. The second-order valence-corrected chi connectivity index (χ2v) is 5.68. The van der Waals surface area contributed by atoms with E-state index in [4.69, 9.17) is 5.84 Å². The van der Waals surface area contributed by atoms with Crippen molar-refractivity contribution in [3.63, 3.8) is 0 Å². The molecule has 0 saturated heterocycles. The van der Waals surface area contributed by atoms with Gasteiger partial charge >= 0.3 is 5.69 Å². The lowest BCUT2D eigenvalue weighted by molar-refractivity contribution is -0.383. The summed E-state index contributed by atoms with van der Waals surface area (Å²) in [5, 5.41) is 14.5. The largest absolute Gasteiger partial charge is 0.376 e. The standard InChI is InChI=1S/C13H20N4O2/c1-13(2)8-4-7-11(13)15-9-5-3-6-10(16-14)12(9)17(18)19/h3,5-6,11,15-16H,4,7-8,14H2,1-2H3. The average molecular weight is 264 g/mol. The lowest BCUT2D eigenvalue weighted by Crippen LogP contribution is -2.31. The van der Waals surface area contributed by atoms with E-state index in [0.717, 1.165) is 19.3 Å². The third-order valence-corrected chi connectivity index (χ3v) is 3.96. The maximum atomic E-state index is 11.2. The molecular formula is C13H20N4O2. The van der Waals surface area contributed by atoms with Gasteiger partial charge in [-0.05, 0) is 30.4 Å². The number of nitro groups is 1. The van der Waals surface area contributed by atoms with Crippen LogP contribution in [0.15, 0.2) is 18.2 Å². The number of rotatable bonds is 4. The number of anilines is 2. The molecule has 0 spiro atoms. The third-order valence-electron chi connectivity index (χ3n) is 3.96. The molecular weight excluding hydrogens is 244 g/mol. The molecule has 0 amide bonds. The molecule has 1 atom stereocenters. The van der Waals surface area contributed by atoms with Crippen molar-refractivity contribution >= 4 is 17.1 Å². The molecule has 104 valence electrons. The quantitative estimate of drug-likeness (QED) is 0.441. The fourth-order valence-electron chi connectivity index (χ4n) is 2.76. The summed E-state index contributed by atoms with van der Waals surface area (Å²) >= 11 is 0. The fraction of sp³-hybridized carbons (Fsp3) is 0.538. The molecule has 1 aliphatic carbocycles. The van der Waals surface area contributed by atoms with E-state index in [9.17, 15) is 10.1 Å². The molecule has 4 N–H and O–H groups in total. The minimum absolute atomic E-state index is 0.00713. The predicted octanol–water partition coefficient (Wildman–Crippen LogP) is 2.87. The number of nitro benzene ring substituents is 1. The molecule has 6 heteroatoms. The summed E-state index contributed by atoms with van der Waals surface area (Å²) in [6, 6.07) is 5.34. The molecule has 1 saturated carbocycles. The molecule has 0 heterocycles. The van der Waals surface area contributed by atoms with Gasteiger partial charge in [-0.15, -0.1) is 0 Å². The van der Waals surface area contributed by atoms with E-state index in [1.807, 2.05) is 0 Å². The van der Waals surface area contributed by atoms with Crippen LogP contribution < -0.4 is 16.6 Å². The summed E-state index contributed by atoms with van der Waals surface area (Å²) in [4.78, 5) is 10.8.